The third kappa shape index (κ3) is 2.54. The van der Waals surface area contributed by atoms with Crippen LogP contribution in [0.3, 0.4) is 0 Å². The molecule has 0 fully saturated rings. The van der Waals surface area contributed by atoms with Crippen LogP contribution in [0.5, 0.6) is 0 Å². The van der Waals surface area contributed by atoms with Crippen LogP contribution in [-0.2, 0) is 6.54 Å². The zero-order chi connectivity index (χ0) is 13.1. The van der Waals surface area contributed by atoms with E-state index in [-0.39, 0.29) is 0 Å². The van der Waals surface area contributed by atoms with Gasteiger partial charge in [-0.1, -0.05) is 41.7 Å². The van der Waals surface area contributed by atoms with E-state index >= 15 is 0 Å². The van der Waals surface area contributed by atoms with E-state index in [1.165, 1.54) is 11.3 Å². The second-order valence-electron chi connectivity index (χ2n) is 4.05. The summed E-state index contributed by atoms with van der Waals surface area (Å²) < 4.78 is 1.76. The van der Waals surface area contributed by atoms with Crippen LogP contribution in [0.2, 0.25) is 0 Å². The molecule has 0 saturated heterocycles. The van der Waals surface area contributed by atoms with Gasteiger partial charge in [0.15, 0.2) is 0 Å². The number of benzene rings is 1. The standard InChI is InChI=1S/C13H13N5S/c1-14-8-12-16-17-13(19-12)18-9-11(7-15-18)10-5-3-2-4-6-10/h2-7,9,14H,8H2,1H3. The van der Waals surface area contributed by atoms with Crippen molar-refractivity contribution >= 4 is 11.3 Å². The van der Waals surface area contributed by atoms with Crippen LogP contribution in [0.4, 0.5) is 0 Å². The Morgan fingerprint density at radius 2 is 2.00 bits per heavy atom. The molecule has 1 N–H and O–H groups in total. The molecule has 0 spiro atoms. The molecular formula is C13H13N5S. The smallest absolute Gasteiger partial charge is 0.232 e. The Labute approximate surface area is 114 Å². The van der Waals surface area contributed by atoms with E-state index < -0.39 is 0 Å². The van der Waals surface area contributed by atoms with Crippen LogP contribution in [0.15, 0.2) is 42.7 Å². The molecule has 0 saturated carbocycles. The van der Waals surface area contributed by atoms with Crippen molar-refractivity contribution in [3.63, 3.8) is 0 Å². The van der Waals surface area contributed by atoms with Gasteiger partial charge in [-0.25, -0.2) is 4.68 Å². The number of nitrogens with one attached hydrogen (secondary N) is 1. The van der Waals surface area contributed by atoms with Crippen LogP contribution in [0.25, 0.3) is 16.3 Å². The van der Waals surface area contributed by atoms with Gasteiger partial charge in [0, 0.05) is 18.3 Å². The summed E-state index contributed by atoms with van der Waals surface area (Å²) in [4.78, 5) is 0. The highest BCUT2D eigenvalue weighted by Gasteiger charge is 2.08. The van der Waals surface area contributed by atoms with Gasteiger partial charge in [-0.15, -0.1) is 10.2 Å². The van der Waals surface area contributed by atoms with Crippen molar-refractivity contribution in [2.45, 2.75) is 6.54 Å². The first-order chi connectivity index (χ1) is 9.36. The fourth-order valence-corrected chi connectivity index (χ4v) is 2.55. The van der Waals surface area contributed by atoms with E-state index in [1.54, 1.807) is 4.68 Å². The van der Waals surface area contributed by atoms with Gasteiger partial charge in [0.2, 0.25) is 5.13 Å². The number of aromatic nitrogens is 4. The van der Waals surface area contributed by atoms with E-state index in [1.807, 2.05) is 37.6 Å². The second kappa shape index (κ2) is 5.29. The molecule has 19 heavy (non-hydrogen) atoms. The van der Waals surface area contributed by atoms with Crippen molar-refractivity contribution in [3.8, 4) is 16.3 Å². The molecule has 0 aliphatic rings. The van der Waals surface area contributed by atoms with Crippen LogP contribution in [-0.4, -0.2) is 27.0 Å². The SMILES string of the molecule is CNCc1nnc(-n2cc(-c3ccccc3)cn2)s1. The molecule has 3 aromatic rings. The van der Waals surface area contributed by atoms with Crippen LogP contribution in [0.1, 0.15) is 5.01 Å². The number of hydrogen-bond donors (Lipinski definition) is 1. The van der Waals surface area contributed by atoms with Crippen LogP contribution in [0, 0.1) is 0 Å². The maximum Gasteiger partial charge on any atom is 0.232 e. The Morgan fingerprint density at radius 1 is 1.16 bits per heavy atom. The third-order valence-corrected chi connectivity index (χ3v) is 3.58. The Morgan fingerprint density at radius 3 is 2.79 bits per heavy atom. The highest BCUT2D eigenvalue weighted by molar-refractivity contribution is 7.13. The first-order valence-electron chi connectivity index (χ1n) is 5.94. The van der Waals surface area contributed by atoms with E-state index in [4.69, 9.17) is 0 Å². The van der Waals surface area contributed by atoms with Gasteiger partial charge in [-0.3, -0.25) is 0 Å². The molecule has 3 rings (SSSR count). The van der Waals surface area contributed by atoms with Crippen molar-refractivity contribution in [3.05, 3.63) is 47.7 Å². The number of rotatable bonds is 4. The minimum absolute atomic E-state index is 0.727. The average Bonchev–Trinajstić information content (AvgIpc) is 3.08. The molecule has 0 amide bonds. The van der Waals surface area contributed by atoms with Gasteiger partial charge in [-0.2, -0.15) is 5.10 Å². The number of nitrogens with zero attached hydrogens (tertiary/aromatic N) is 4. The van der Waals surface area contributed by atoms with E-state index in [9.17, 15) is 0 Å². The summed E-state index contributed by atoms with van der Waals surface area (Å²) in [5, 5.41) is 17.4. The Bertz CT molecular complexity index is 658. The Kier molecular flexibility index (Phi) is 3.35. The molecule has 2 aromatic heterocycles. The number of hydrogen-bond acceptors (Lipinski definition) is 5. The lowest BCUT2D eigenvalue weighted by molar-refractivity contribution is 0.785. The maximum absolute atomic E-state index is 4.34. The largest absolute Gasteiger partial charge is 0.313 e. The van der Waals surface area contributed by atoms with E-state index in [2.05, 4.69) is 32.7 Å². The normalized spacial score (nSPS) is 10.8. The minimum atomic E-state index is 0.727. The Hall–Kier alpha value is -2.05. The summed E-state index contributed by atoms with van der Waals surface area (Å²) in [6.45, 7) is 0.727. The first kappa shape index (κ1) is 12.0. The zero-order valence-corrected chi connectivity index (χ0v) is 11.3. The highest BCUT2D eigenvalue weighted by atomic mass is 32.1. The predicted octanol–water partition coefficient (Wildman–Crippen LogP) is 2.11. The van der Waals surface area contributed by atoms with Crippen LogP contribution >= 0.6 is 11.3 Å². The molecule has 2 heterocycles. The molecule has 0 aliphatic carbocycles. The molecular weight excluding hydrogens is 258 g/mol. The summed E-state index contributed by atoms with van der Waals surface area (Å²) in [5.74, 6) is 0. The fourth-order valence-electron chi connectivity index (χ4n) is 1.77. The van der Waals surface area contributed by atoms with Crippen molar-refractivity contribution in [1.82, 2.24) is 25.3 Å². The van der Waals surface area contributed by atoms with E-state index in [0.29, 0.717) is 0 Å². The monoisotopic (exact) mass is 271 g/mol. The lowest BCUT2D eigenvalue weighted by Gasteiger charge is -1.94. The molecule has 1 aromatic carbocycles. The second-order valence-corrected chi connectivity index (χ2v) is 5.09. The summed E-state index contributed by atoms with van der Waals surface area (Å²) in [6.07, 6.45) is 3.81. The molecule has 0 aliphatic heterocycles. The van der Waals surface area contributed by atoms with Crippen molar-refractivity contribution in [2.24, 2.45) is 0 Å². The minimum Gasteiger partial charge on any atom is -0.313 e. The summed E-state index contributed by atoms with van der Waals surface area (Å²) in [6, 6.07) is 10.2. The summed E-state index contributed by atoms with van der Waals surface area (Å²) >= 11 is 1.53. The molecule has 5 nitrogen and oxygen atoms in total. The molecule has 6 heteroatoms. The molecule has 96 valence electrons. The summed E-state index contributed by atoms with van der Waals surface area (Å²) in [5.41, 5.74) is 2.22. The average molecular weight is 271 g/mol. The topological polar surface area (TPSA) is 55.6 Å². The highest BCUT2D eigenvalue weighted by Crippen LogP contribution is 2.21. The quantitative estimate of drug-likeness (QED) is 0.789. The molecule has 0 unspecified atom stereocenters. The molecule has 0 radical (unpaired) electrons. The van der Waals surface area contributed by atoms with Gasteiger partial charge in [-0.05, 0) is 12.6 Å². The first-order valence-corrected chi connectivity index (χ1v) is 6.76. The van der Waals surface area contributed by atoms with Crippen molar-refractivity contribution in [1.29, 1.82) is 0 Å². The van der Waals surface area contributed by atoms with Crippen molar-refractivity contribution in [2.75, 3.05) is 7.05 Å². The van der Waals surface area contributed by atoms with E-state index in [0.717, 1.165) is 27.8 Å². The maximum atomic E-state index is 4.34. The molecule has 0 atom stereocenters. The zero-order valence-electron chi connectivity index (χ0n) is 10.4. The third-order valence-electron chi connectivity index (χ3n) is 2.67. The Balaban J connectivity index is 1.88. The van der Waals surface area contributed by atoms with Gasteiger partial charge < -0.3 is 5.32 Å². The van der Waals surface area contributed by atoms with Gasteiger partial charge in [0.05, 0.1) is 6.20 Å². The predicted molar refractivity (Wildman–Crippen MR) is 75.2 cm³/mol. The van der Waals surface area contributed by atoms with Gasteiger partial charge in [0.25, 0.3) is 0 Å². The van der Waals surface area contributed by atoms with Crippen LogP contribution < -0.4 is 5.32 Å². The van der Waals surface area contributed by atoms with Gasteiger partial charge in [0.1, 0.15) is 5.01 Å². The summed E-state index contributed by atoms with van der Waals surface area (Å²) in [7, 11) is 1.89. The van der Waals surface area contributed by atoms with Gasteiger partial charge >= 0.3 is 0 Å². The van der Waals surface area contributed by atoms with Crippen molar-refractivity contribution < 1.29 is 0 Å². The fraction of sp³-hybridized carbons (Fsp3) is 0.154. The molecule has 0 bridgehead atoms. The lowest BCUT2D eigenvalue weighted by atomic mass is 10.1. The lowest BCUT2D eigenvalue weighted by Crippen LogP contribution is -2.04.